The zero-order valence-electron chi connectivity index (χ0n) is 19.0. The number of Topliss-reactive ketones (excluding diaryl/α,β-unsaturated/α-hetero) is 1. The van der Waals surface area contributed by atoms with E-state index in [1.54, 1.807) is 30.5 Å². The first-order valence-electron chi connectivity index (χ1n) is 11.4. The number of nitrogens with one attached hydrogen (secondary N) is 1. The number of hydrogen-bond donors (Lipinski definition) is 2. The Morgan fingerprint density at radius 1 is 1.06 bits per heavy atom. The van der Waals surface area contributed by atoms with Crippen molar-refractivity contribution in [1.29, 1.82) is 0 Å². The molecule has 0 spiro atoms. The zero-order chi connectivity index (χ0) is 24.5. The van der Waals surface area contributed by atoms with Gasteiger partial charge in [-0.2, -0.15) is 0 Å². The number of aromatic amines is 1. The molecule has 2 N–H and O–H groups in total. The van der Waals surface area contributed by atoms with Crippen LogP contribution in [-0.4, -0.2) is 28.4 Å². The average Bonchev–Trinajstić information content (AvgIpc) is 3.41. The minimum absolute atomic E-state index is 0.0447. The van der Waals surface area contributed by atoms with Crippen molar-refractivity contribution in [1.82, 2.24) is 4.98 Å². The maximum absolute atomic E-state index is 13.6. The molecule has 1 aromatic heterocycles. The summed E-state index contributed by atoms with van der Waals surface area (Å²) in [7, 11) is 0. The Kier molecular flexibility index (Phi) is 5.82. The van der Waals surface area contributed by atoms with Gasteiger partial charge in [0, 0.05) is 33.9 Å². The molecule has 7 heteroatoms. The Morgan fingerprint density at radius 3 is 2.60 bits per heavy atom. The second-order valence-corrected chi connectivity index (χ2v) is 8.31. The van der Waals surface area contributed by atoms with Gasteiger partial charge in [0.15, 0.2) is 0 Å². The summed E-state index contributed by atoms with van der Waals surface area (Å²) in [5.74, 6) is -1.83. The van der Waals surface area contributed by atoms with E-state index >= 15 is 0 Å². The number of ether oxygens (including phenoxy) is 1. The molecule has 1 saturated heterocycles. The van der Waals surface area contributed by atoms with Gasteiger partial charge in [-0.1, -0.05) is 37.3 Å². The van der Waals surface area contributed by atoms with E-state index in [0.717, 1.165) is 17.3 Å². The van der Waals surface area contributed by atoms with Crippen molar-refractivity contribution in [2.24, 2.45) is 0 Å². The number of aliphatic hydroxyl groups excluding tert-OH is 1. The summed E-state index contributed by atoms with van der Waals surface area (Å²) in [6.45, 7) is 2.50. The quantitative estimate of drug-likeness (QED) is 0.214. The number of aliphatic hydroxyl groups is 1. The second kappa shape index (κ2) is 9.10. The largest absolute Gasteiger partial charge is 0.507 e. The van der Waals surface area contributed by atoms with Gasteiger partial charge in [-0.3, -0.25) is 14.5 Å². The first kappa shape index (κ1) is 22.4. The highest BCUT2D eigenvalue weighted by molar-refractivity contribution is 6.51. The van der Waals surface area contributed by atoms with E-state index in [4.69, 9.17) is 4.74 Å². The number of fused-ring (bicyclic) bond motifs is 1. The van der Waals surface area contributed by atoms with Crippen molar-refractivity contribution < 1.29 is 23.8 Å². The first-order chi connectivity index (χ1) is 17.0. The van der Waals surface area contributed by atoms with Crippen LogP contribution in [0.1, 0.15) is 30.5 Å². The fourth-order valence-electron chi connectivity index (χ4n) is 4.42. The lowest BCUT2D eigenvalue weighted by Gasteiger charge is -2.25. The van der Waals surface area contributed by atoms with Gasteiger partial charge in [0.2, 0.25) is 0 Å². The molecule has 1 aliphatic heterocycles. The number of rotatable bonds is 6. The van der Waals surface area contributed by atoms with Crippen LogP contribution in [0.5, 0.6) is 5.75 Å². The topological polar surface area (TPSA) is 82.6 Å². The fraction of sp³-hybridized carbons (Fsp3) is 0.143. The fourth-order valence-corrected chi connectivity index (χ4v) is 4.42. The highest BCUT2D eigenvalue weighted by Gasteiger charge is 2.47. The van der Waals surface area contributed by atoms with Crippen LogP contribution >= 0.6 is 0 Å². The Bertz CT molecular complexity index is 1460. The zero-order valence-corrected chi connectivity index (χ0v) is 19.0. The Hall–Kier alpha value is -4.39. The summed E-state index contributed by atoms with van der Waals surface area (Å²) >= 11 is 0. The number of carbonyl (C=O) groups is 2. The maximum atomic E-state index is 13.6. The standard InChI is InChI=1S/C28H23FN2O4/c1-2-14-35-20-7-5-6-17(15-20)26(32)24-25(22-16-30-23-9-4-3-8-21(22)23)31(28(34)27(24)33)19-12-10-18(29)11-13-19/h3-13,15-16,25,30,32H,2,14H2,1H3/b26-24+. The van der Waals surface area contributed by atoms with Gasteiger partial charge in [-0.25, -0.2) is 4.39 Å². The molecule has 35 heavy (non-hydrogen) atoms. The minimum atomic E-state index is -0.920. The Balaban J connectivity index is 1.72. The van der Waals surface area contributed by atoms with Crippen LogP contribution in [0, 0.1) is 5.82 Å². The van der Waals surface area contributed by atoms with E-state index in [0.29, 0.717) is 29.2 Å². The molecular weight excluding hydrogens is 447 g/mol. The first-order valence-corrected chi connectivity index (χ1v) is 11.4. The molecule has 1 aliphatic rings. The van der Waals surface area contributed by atoms with Gasteiger partial charge < -0.3 is 14.8 Å². The van der Waals surface area contributed by atoms with Gasteiger partial charge in [0.25, 0.3) is 11.7 Å². The Labute approximate surface area is 201 Å². The molecule has 1 unspecified atom stereocenters. The van der Waals surface area contributed by atoms with Crippen molar-refractivity contribution in [3.63, 3.8) is 0 Å². The summed E-state index contributed by atoms with van der Waals surface area (Å²) in [6, 6.07) is 18.7. The normalized spacial score (nSPS) is 17.3. The highest BCUT2D eigenvalue weighted by Crippen LogP contribution is 2.44. The molecule has 2 heterocycles. The number of anilines is 1. The van der Waals surface area contributed by atoms with Gasteiger partial charge in [-0.05, 0) is 48.9 Å². The van der Waals surface area contributed by atoms with Gasteiger partial charge >= 0.3 is 0 Å². The molecule has 1 amide bonds. The number of amides is 1. The van der Waals surface area contributed by atoms with Crippen LogP contribution < -0.4 is 9.64 Å². The SMILES string of the molecule is CCCOc1cccc(/C(O)=C2\C(=O)C(=O)N(c3ccc(F)cc3)C2c2c[nH]c3ccccc23)c1. The van der Waals surface area contributed by atoms with Crippen LogP contribution in [0.25, 0.3) is 16.7 Å². The molecule has 6 nitrogen and oxygen atoms in total. The lowest BCUT2D eigenvalue weighted by Crippen LogP contribution is -2.29. The number of carbonyl (C=O) groups excluding carboxylic acids is 2. The van der Waals surface area contributed by atoms with E-state index in [-0.39, 0.29) is 11.3 Å². The van der Waals surface area contributed by atoms with Crippen LogP contribution in [-0.2, 0) is 9.59 Å². The molecule has 3 aromatic carbocycles. The Morgan fingerprint density at radius 2 is 1.83 bits per heavy atom. The summed E-state index contributed by atoms with van der Waals surface area (Å²) in [5, 5.41) is 12.2. The van der Waals surface area contributed by atoms with E-state index < -0.39 is 23.5 Å². The minimum Gasteiger partial charge on any atom is -0.507 e. The molecule has 0 bridgehead atoms. The van der Waals surface area contributed by atoms with Crippen molar-refractivity contribution in [3.05, 3.63) is 102 Å². The molecule has 5 rings (SSSR count). The number of halogens is 1. The molecule has 176 valence electrons. The van der Waals surface area contributed by atoms with E-state index in [9.17, 15) is 19.1 Å². The number of benzene rings is 3. The smallest absolute Gasteiger partial charge is 0.300 e. The predicted octanol–water partition coefficient (Wildman–Crippen LogP) is 5.72. The van der Waals surface area contributed by atoms with Crippen LogP contribution in [0.3, 0.4) is 0 Å². The summed E-state index contributed by atoms with van der Waals surface area (Å²) < 4.78 is 19.3. The molecule has 4 aromatic rings. The molecule has 0 aliphatic carbocycles. The summed E-state index contributed by atoms with van der Waals surface area (Å²) in [4.78, 5) is 31.1. The predicted molar refractivity (Wildman–Crippen MR) is 132 cm³/mol. The maximum Gasteiger partial charge on any atom is 0.300 e. The van der Waals surface area contributed by atoms with E-state index in [1.807, 2.05) is 31.2 Å². The number of H-pyrrole nitrogens is 1. The molecule has 1 fully saturated rings. The second-order valence-electron chi connectivity index (χ2n) is 8.31. The molecule has 1 atom stereocenters. The molecule has 0 radical (unpaired) electrons. The van der Waals surface area contributed by atoms with Crippen LogP contribution in [0.2, 0.25) is 0 Å². The van der Waals surface area contributed by atoms with Crippen molar-refractivity contribution >= 4 is 34.0 Å². The number of ketones is 1. The van der Waals surface area contributed by atoms with Crippen LogP contribution in [0.4, 0.5) is 10.1 Å². The molecule has 0 saturated carbocycles. The third-order valence-electron chi connectivity index (χ3n) is 6.05. The van der Waals surface area contributed by atoms with E-state index in [2.05, 4.69) is 4.98 Å². The number of nitrogens with zero attached hydrogens (tertiary/aromatic N) is 1. The molecular formula is C28H23FN2O4. The third kappa shape index (κ3) is 3.95. The third-order valence-corrected chi connectivity index (χ3v) is 6.05. The highest BCUT2D eigenvalue weighted by atomic mass is 19.1. The number of hydrogen-bond acceptors (Lipinski definition) is 4. The van der Waals surface area contributed by atoms with Crippen LogP contribution in [0.15, 0.2) is 84.6 Å². The van der Waals surface area contributed by atoms with Gasteiger partial charge in [-0.15, -0.1) is 0 Å². The average molecular weight is 471 g/mol. The van der Waals surface area contributed by atoms with Gasteiger partial charge in [0.1, 0.15) is 17.3 Å². The van der Waals surface area contributed by atoms with E-state index in [1.165, 1.54) is 29.2 Å². The van der Waals surface area contributed by atoms with Gasteiger partial charge in [0.05, 0.1) is 18.2 Å². The van der Waals surface area contributed by atoms with Crippen molar-refractivity contribution in [2.45, 2.75) is 19.4 Å². The lowest BCUT2D eigenvalue weighted by molar-refractivity contribution is -0.132. The lowest BCUT2D eigenvalue weighted by atomic mass is 9.94. The van der Waals surface area contributed by atoms with Crippen molar-refractivity contribution in [3.8, 4) is 5.75 Å². The number of aromatic nitrogens is 1. The number of para-hydroxylation sites is 1. The summed E-state index contributed by atoms with van der Waals surface area (Å²) in [5.41, 5.74) is 2.13. The van der Waals surface area contributed by atoms with Crippen molar-refractivity contribution in [2.75, 3.05) is 11.5 Å². The monoisotopic (exact) mass is 470 g/mol. The summed E-state index contributed by atoms with van der Waals surface area (Å²) in [6.07, 6.45) is 2.55.